The second-order valence-electron chi connectivity index (χ2n) is 6.96. The fourth-order valence-corrected chi connectivity index (χ4v) is 4.80. The van der Waals surface area contributed by atoms with Gasteiger partial charge in [-0.05, 0) is 54.8 Å². The zero-order chi connectivity index (χ0) is 19.8. The summed E-state index contributed by atoms with van der Waals surface area (Å²) in [5.41, 5.74) is 3.12. The Labute approximate surface area is 160 Å². The Kier molecular flexibility index (Phi) is 5.15. The molecule has 2 aromatic rings. The molecule has 0 saturated heterocycles. The van der Waals surface area contributed by atoms with E-state index < -0.39 is 10.0 Å². The molecule has 0 radical (unpaired) electrons. The molecule has 0 saturated carbocycles. The molecule has 1 aliphatic heterocycles. The second kappa shape index (κ2) is 7.23. The highest BCUT2D eigenvalue weighted by molar-refractivity contribution is 7.92. The molecular formula is C20H24N2O4S. The third-order valence-corrected chi connectivity index (χ3v) is 6.03. The zero-order valence-electron chi connectivity index (χ0n) is 16.0. The smallest absolute Gasteiger partial charge is 0.253 e. The van der Waals surface area contributed by atoms with E-state index in [1.54, 1.807) is 31.2 Å². The van der Waals surface area contributed by atoms with Crippen LogP contribution in [0.5, 0.6) is 5.75 Å². The maximum atomic E-state index is 12.8. The number of ether oxygens (including phenoxy) is 1. The van der Waals surface area contributed by atoms with E-state index in [4.69, 9.17) is 4.74 Å². The summed E-state index contributed by atoms with van der Waals surface area (Å²) in [5, 5.41) is 0. The normalized spacial score (nSPS) is 16.1. The molecule has 0 unspecified atom stereocenters. The fraction of sp³-hybridized carbons (Fsp3) is 0.350. The molecule has 0 bridgehead atoms. The minimum absolute atomic E-state index is 0.0981. The van der Waals surface area contributed by atoms with Crippen LogP contribution in [0.2, 0.25) is 0 Å². The zero-order valence-corrected chi connectivity index (χ0v) is 16.8. The molecule has 1 atom stereocenters. The van der Waals surface area contributed by atoms with Crippen molar-refractivity contribution in [3.05, 3.63) is 59.2 Å². The second-order valence-corrected chi connectivity index (χ2v) is 8.82. The first-order valence-electron chi connectivity index (χ1n) is 8.71. The molecule has 3 rings (SSSR count). The molecular weight excluding hydrogens is 364 g/mol. The first-order chi connectivity index (χ1) is 12.7. The number of rotatable bonds is 5. The molecule has 6 nitrogen and oxygen atoms in total. The van der Waals surface area contributed by atoms with Crippen LogP contribution in [0.15, 0.2) is 42.5 Å². The van der Waals surface area contributed by atoms with E-state index in [1.807, 2.05) is 37.3 Å². The molecule has 1 amide bonds. The summed E-state index contributed by atoms with van der Waals surface area (Å²) in [6.45, 7) is 2.35. The predicted molar refractivity (Wildman–Crippen MR) is 106 cm³/mol. The summed E-state index contributed by atoms with van der Waals surface area (Å²) < 4.78 is 30.6. The lowest BCUT2D eigenvalue weighted by molar-refractivity contribution is 0.0785. The molecule has 0 N–H and O–H groups in total. The van der Waals surface area contributed by atoms with Gasteiger partial charge in [0, 0.05) is 25.2 Å². The van der Waals surface area contributed by atoms with Crippen molar-refractivity contribution in [3.63, 3.8) is 0 Å². The Morgan fingerprint density at radius 1 is 1.22 bits per heavy atom. The monoisotopic (exact) mass is 388 g/mol. The number of sulfonamides is 1. The highest BCUT2D eigenvalue weighted by Gasteiger charge is 2.33. The van der Waals surface area contributed by atoms with E-state index in [2.05, 4.69) is 0 Å². The van der Waals surface area contributed by atoms with Crippen molar-refractivity contribution in [3.8, 4) is 5.75 Å². The maximum Gasteiger partial charge on any atom is 0.253 e. The largest absolute Gasteiger partial charge is 0.497 e. The Hall–Kier alpha value is -2.54. The lowest BCUT2D eigenvalue weighted by Gasteiger charge is -2.22. The summed E-state index contributed by atoms with van der Waals surface area (Å²) in [4.78, 5) is 14.5. The van der Waals surface area contributed by atoms with Crippen LogP contribution in [0.3, 0.4) is 0 Å². The van der Waals surface area contributed by atoms with Gasteiger partial charge >= 0.3 is 0 Å². The van der Waals surface area contributed by atoms with Crippen LogP contribution < -0.4 is 9.04 Å². The van der Waals surface area contributed by atoms with Gasteiger partial charge in [0.1, 0.15) is 5.75 Å². The van der Waals surface area contributed by atoms with Crippen molar-refractivity contribution in [2.75, 3.05) is 24.7 Å². The number of hydrogen-bond acceptors (Lipinski definition) is 4. The number of methoxy groups -OCH3 is 1. The lowest BCUT2D eigenvalue weighted by atomic mass is 10.1. The van der Waals surface area contributed by atoms with Crippen LogP contribution >= 0.6 is 0 Å². The molecule has 7 heteroatoms. The average molecular weight is 388 g/mol. The van der Waals surface area contributed by atoms with Gasteiger partial charge in [0.2, 0.25) is 10.0 Å². The summed E-state index contributed by atoms with van der Waals surface area (Å²) in [7, 11) is 0.0372. The third-order valence-electron chi connectivity index (χ3n) is 4.76. The SMILES string of the molecule is COc1ccc(CN(C)C(=O)c2ccc3c(c2)C[C@@H](C)N3S(C)(=O)=O)cc1. The van der Waals surface area contributed by atoms with E-state index in [-0.39, 0.29) is 11.9 Å². The molecule has 2 aromatic carbocycles. The van der Waals surface area contributed by atoms with E-state index in [0.29, 0.717) is 24.2 Å². The molecule has 0 aliphatic carbocycles. The minimum atomic E-state index is -3.33. The lowest BCUT2D eigenvalue weighted by Crippen LogP contribution is -2.34. The Morgan fingerprint density at radius 2 is 1.89 bits per heavy atom. The number of carbonyl (C=O) groups is 1. The van der Waals surface area contributed by atoms with E-state index in [1.165, 1.54) is 10.6 Å². The van der Waals surface area contributed by atoms with Gasteiger partial charge in [0.25, 0.3) is 5.91 Å². The predicted octanol–water partition coefficient (Wildman–Crippen LogP) is 2.68. The Bertz CT molecular complexity index is 954. The highest BCUT2D eigenvalue weighted by Crippen LogP contribution is 2.34. The molecule has 144 valence electrons. The average Bonchev–Trinajstić information content (AvgIpc) is 2.96. The number of nitrogens with zero attached hydrogens (tertiary/aromatic N) is 2. The van der Waals surface area contributed by atoms with Gasteiger partial charge in [-0.15, -0.1) is 0 Å². The standard InChI is InChI=1S/C20H24N2O4S/c1-14-11-17-12-16(7-10-19(17)22(14)27(4,24)25)20(23)21(2)13-15-5-8-18(26-3)9-6-15/h5-10,12,14H,11,13H2,1-4H3/t14-/m1/s1. The quantitative estimate of drug-likeness (QED) is 0.790. The van der Waals surface area contributed by atoms with E-state index >= 15 is 0 Å². The fourth-order valence-electron chi connectivity index (χ4n) is 3.54. The van der Waals surface area contributed by atoms with Gasteiger partial charge in [-0.2, -0.15) is 0 Å². The number of carbonyl (C=O) groups excluding carboxylic acids is 1. The van der Waals surface area contributed by atoms with Crippen molar-refractivity contribution in [1.82, 2.24) is 4.90 Å². The Balaban J connectivity index is 1.78. The first-order valence-corrected chi connectivity index (χ1v) is 10.6. The maximum absolute atomic E-state index is 12.8. The van der Waals surface area contributed by atoms with E-state index in [0.717, 1.165) is 16.9 Å². The topological polar surface area (TPSA) is 66.9 Å². The van der Waals surface area contributed by atoms with Crippen LogP contribution in [0, 0.1) is 0 Å². The van der Waals surface area contributed by atoms with Crippen LogP contribution in [0.4, 0.5) is 5.69 Å². The molecule has 0 spiro atoms. The van der Waals surface area contributed by atoms with Crippen LogP contribution in [-0.2, 0) is 23.0 Å². The molecule has 1 aliphatic rings. The summed E-state index contributed by atoms with van der Waals surface area (Å²) >= 11 is 0. The number of fused-ring (bicyclic) bond motifs is 1. The number of anilines is 1. The van der Waals surface area contributed by atoms with Crippen LogP contribution in [0.25, 0.3) is 0 Å². The highest BCUT2D eigenvalue weighted by atomic mass is 32.2. The summed E-state index contributed by atoms with van der Waals surface area (Å²) in [5.74, 6) is 0.676. The van der Waals surface area contributed by atoms with Gasteiger partial charge in [0.05, 0.1) is 19.1 Å². The molecule has 27 heavy (non-hydrogen) atoms. The van der Waals surface area contributed by atoms with Gasteiger partial charge < -0.3 is 9.64 Å². The van der Waals surface area contributed by atoms with Crippen molar-refractivity contribution in [2.24, 2.45) is 0 Å². The van der Waals surface area contributed by atoms with Gasteiger partial charge in [0.15, 0.2) is 0 Å². The van der Waals surface area contributed by atoms with Crippen molar-refractivity contribution in [1.29, 1.82) is 0 Å². The number of amides is 1. The van der Waals surface area contributed by atoms with Crippen molar-refractivity contribution >= 4 is 21.6 Å². The molecule has 0 aromatic heterocycles. The number of benzene rings is 2. The van der Waals surface area contributed by atoms with Crippen LogP contribution in [0.1, 0.15) is 28.4 Å². The molecule has 1 heterocycles. The first kappa shape index (κ1) is 19.2. The van der Waals surface area contributed by atoms with Gasteiger partial charge in [-0.3, -0.25) is 9.10 Å². The molecule has 0 fully saturated rings. The van der Waals surface area contributed by atoms with Gasteiger partial charge in [-0.1, -0.05) is 12.1 Å². The van der Waals surface area contributed by atoms with Crippen LogP contribution in [-0.4, -0.2) is 45.7 Å². The van der Waals surface area contributed by atoms with Gasteiger partial charge in [-0.25, -0.2) is 8.42 Å². The van der Waals surface area contributed by atoms with Crippen molar-refractivity contribution < 1.29 is 17.9 Å². The minimum Gasteiger partial charge on any atom is -0.497 e. The Morgan fingerprint density at radius 3 is 2.48 bits per heavy atom. The third kappa shape index (κ3) is 3.93. The van der Waals surface area contributed by atoms with Crippen molar-refractivity contribution in [2.45, 2.75) is 25.9 Å². The summed E-state index contributed by atoms with van der Waals surface area (Å²) in [6, 6.07) is 12.7. The number of hydrogen-bond donors (Lipinski definition) is 0. The summed E-state index contributed by atoms with van der Waals surface area (Å²) in [6.07, 6.45) is 1.81. The van der Waals surface area contributed by atoms with E-state index in [9.17, 15) is 13.2 Å².